The van der Waals surface area contributed by atoms with Gasteiger partial charge in [0.1, 0.15) is 5.75 Å². The molecule has 4 nitrogen and oxygen atoms in total. The predicted octanol–water partition coefficient (Wildman–Crippen LogP) is 0.987. The van der Waals surface area contributed by atoms with Gasteiger partial charge in [0.05, 0.1) is 7.11 Å². The average Bonchev–Trinajstić information content (AvgIpc) is 2.99. The summed E-state index contributed by atoms with van der Waals surface area (Å²) in [6.45, 7) is 3.89. The topological polar surface area (TPSA) is 41.6 Å². The van der Waals surface area contributed by atoms with Crippen LogP contribution in [0.4, 0.5) is 0 Å². The Morgan fingerprint density at radius 3 is 2.39 bits per heavy atom. The summed E-state index contributed by atoms with van der Waals surface area (Å²) < 4.78 is 5.10. The van der Waals surface area contributed by atoms with Gasteiger partial charge in [-0.15, -0.1) is 0 Å². The van der Waals surface area contributed by atoms with Crippen molar-refractivity contribution in [3.8, 4) is 5.75 Å². The second-order valence-corrected chi connectivity index (χ2v) is 5.12. The minimum atomic E-state index is 0.145. The molecule has 2 fully saturated rings. The molecule has 1 N–H and O–H groups in total. The number of carbonyl (C=O) groups is 1. The van der Waals surface area contributed by atoms with E-state index in [1.165, 1.54) is 0 Å². The van der Waals surface area contributed by atoms with Crippen LogP contribution in [0.15, 0.2) is 24.3 Å². The molecule has 18 heavy (non-hydrogen) atoms. The van der Waals surface area contributed by atoms with E-state index in [-0.39, 0.29) is 5.91 Å². The molecule has 1 aromatic carbocycles. The number of benzene rings is 1. The van der Waals surface area contributed by atoms with Gasteiger partial charge in [-0.05, 0) is 36.1 Å². The largest absolute Gasteiger partial charge is 0.497 e. The fourth-order valence-corrected chi connectivity index (χ4v) is 2.94. The molecule has 0 aromatic heterocycles. The number of nitrogens with zero attached hydrogens (tertiary/aromatic N) is 1. The fraction of sp³-hybridized carbons (Fsp3) is 0.500. The highest BCUT2D eigenvalue weighted by molar-refractivity contribution is 5.94. The molecular weight excluding hydrogens is 228 g/mol. The number of carbonyl (C=O) groups excluding carboxylic acids is 1. The number of nitrogens with one attached hydrogen (secondary N) is 1. The highest BCUT2D eigenvalue weighted by Crippen LogP contribution is 2.27. The maximum atomic E-state index is 12.3. The van der Waals surface area contributed by atoms with Gasteiger partial charge in [0, 0.05) is 31.7 Å². The van der Waals surface area contributed by atoms with Crippen molar-refractivity contribution in [1.29, 1.82) is 0 Å². The zero-order valence-corrected chi connectivity index (χ0v) is 10.6. The number of methoxy groups -OCH3 is 1. The third-order valence-corrected chi connectivity index (χ3v) is 4.01. The SMILES string of the molecule is COc1ccc(C(=O)N2C[C@H]3CNC[C@H]3C2)cc1. The van der Waals surface area contributed by atoms with Crippen molar-refractivity contribution in [3.05, 3.63) is 29.8 Å². The van der Waals surface area contributed by atoms with E-state index >= 15 is 0 Å². The van der Waals surface area contributed by atoms with Gasteiger partial charge < -0.3 is 15.0 Å². The van der Waals surface area contributed by atoms with Crippen LogP contribution in [0.5, 0.6) is 5.75 Å². The number of ether oxygens (including phenoxy) is 1. The summed E-state index contributed by atoms with van der Waals surface area (Å²) >= 11 is 0. The third-order valence-electron chi connectivity index (χ3n) is 4.01. The molecular formula is C14H18N2O2. The van der Waals surface area contributed by atoms with E-state index in [2.05, 4.69) is 5.32 Å². The molecule has 1 amide bonds. The molecule has 0 saturated carbocycles. The predicted molar refractivity (Wildman–Crippen MR) is 68.7 cm³/mol. The summed E-state index contributed by atoms with van der Waals surface area (Å²) in [6.07, 6.45) is 0. The summed E-state index contributed by atoms with van der Waals surface area (Å²) in [5.74, 6) is 2.22. The van der Waals surface area contributed by atoms with Crippen molar-refractivity contribution in [3.63, 3.8) is 0 Å². The van der Waals surface area contributed by atoms with Crippen LogP contribution in [0.2, 0.25) is 0 Å². The molecule has 0 unspecified atom stereocenters. The lowest BCUT2D eigenvalue weighted by Gasteiger charge is -2.17. The summed E-state index contributed by atoms with van der Waals surface area (Å²) in [5, 5.41) is 3.38. The Morgan fingerprint density at radius 2 is 1.83 bits per heavy atom. The van der Waals surface area contributed by atoms with Gasteiger partial charge in [-0.25, -0.2) is 0 Å². The maximum Gasteiger partial charge on any atom is 0.253 e. The summed E-state index contributed by atoms with van der Waals surface area (Å²) in [5.41, 5.74) is 0.753. The smallest absolute Gasteiger partial charge is 0.253 e. The Hall–Kier alpha value is -1.55. The van der Waals surface area contributed by atoms with Crippen LogP contribution in [-0.2, 0) is 0 Å². The summed E-state index contributed by atoms with van der Waals surface area (Å²) in [4.78, 5) is 14.3. The molecule has 2 saturated heterocycles. The van der Waals surface area contributed by atoms with Crippen molar-refractivity contribution in [2.75, 3.05) is 33.3 Å². The number of hydrogen-bond donors (Lipinski definition) is 1. The second kappa shape index (κ2) is 4.61. The molecule has 0 aliphatic carbocycles. The molecule has 0 bridgehead atoms. The van der Waals surface area contributed by atoms with Gasteiger partial charge in [0.25, 0.3) is 5.91 Å². The molecule has 2 aliphatic rings. The van der Waals surface area contributed by atoms with Crippen molar-refractivity contribution in [1.82, 2.24) is 10.2 Å². The Kier molecular flexibility index (Phi) is 2.96. The Bertz CT molecular complexity index is 432. The molecule has 4 heteroatoms. The molecule has 2 heterocycles. The van der Waals surface area contributed by atoms with Gasteiger partial charge >= 0.3 is 0 Å². The fourth-order valence-electron chi connectivity index (χ4n) is 2.94. The van der Waals surface area contributed by atoms with Crippen LogP contribution in [0.25, 0.3) is 0 Å². The van der Waals surface area contributed by atoms with E-state index in [1.54, 1.807) is 7.11 Å². The van der Waals surface area contributed by atoms with Crippen LogP contribution in [-0.4, -0.2) is 44.1 Å². The van der Waals surface area contributed by atoms with Crippen LogP contribution >= 0.6 is 0 Å². The standard InChI is InChI=1S/C14H18N2O2/c1-18-13-4-2-10(3-5-13)14(17)16-8-11-6-15-7-12(11)9-16/h2-5,11-12,15H,6-9H2,1H3/t11-,12+. The van der Waals surface area contributed by atoms with E-state index in [0.717, 1.165) is 37.5 Å². The zero-order chi connectivity index (χ0) is 12.5. The van der Waals surface area contributed by atoms with Crippen molar-refractivity contribution < 1.29 is 9.53 Å². The summed E-state index contributed by atoms with van der Waals surface area (Å²) in [6, 6.07) is 7.36. The first-order valence-corrected chi connectivity index (χ1v) is 6.42. The van der Waals surface area contributed by atoms with Crippen LogP contribution in [0.3, 0.4) is 0 Å². The van der Waals surface area contributed by atoms with Crippen molar-refractivity contribution >= 4 is 5.91 Å². The normalized spacial score (nSPS) is 26.2. The van der Waals surface area contributed by atoms with Crippen LogP contribution in [0.1, 0.15) is 10.4 Å². The Balaban J connectivity index is 1.70. The molecule has 3 rings (SSSR count). The number of hydrogen-bond acceptors (Lipinski definition) is 3. The number of rotatable bonds is 2. The minimum Gasteiger partial charge on any atom is -0.497 e. The lowest BCUT2D eigenvalue weighted by molar-refractivity contribution is 0.0781. The van der Waals surface area contributed by atoms with Gasteiger partial charge in [-0.1, -0.05) is 0 Å². The molecule has 0 spiro atoms. The van der Waals surface area contributed by atoms with E-state index in [0.29, 0.717) is 11.8 Å². The van der Waals surface area contributed by atoms with E-state index < -0.39 is 0 Å². The monoisotopic (exact) mass is 246 g/mol. The third kappa shape index (κ3) is 1.97. The van der Waals surface area contributed by atoms with Gasteiger partial charge in [-0.3, -0.25) is 4.79 Å². The molecule has 2 atom stereocenters. The molecule has 2 aliphatic heterocycles. The first kappa shape index (κ1) is 11.5. The quantitative estimate of drug-likeness (QED) is 0.846. The first-order valence-electron chi connectivity index (χ1n) is 6.42. The number of fused-ring (bicyclic) bond motifs is 1. The molecule has 96 valence electrons. The number of amides is 1. The lowest BCUT2D eigenvalue weighted by atomic mass is 10.0. The zero-order valence-electron chi connectivity index (χ0n) is 10.6. The maximum absolute atomic E-state index is 12.3. The molecule has 1 aromatic rings. The van der Waals surface area contributed by atoms with E-state index in [4.69, 9.17) is 4.74 Å². The van der Waals surface area contributed by atoms with Crippen molar-refractivity contribution in [2.24, 2.45) is 11.8 Å². The van der Waals surface area contributed by atoms with Gasteiger partial charge in [0.15, 0.2) is 0 Å². The summed E-state index contributed by atoms with van der Waals surface area (Å²) in [7, 11) is 1.63. The van der Waals surface area contributed by atoms with Crippen molar-refractivity contribution in [2.45, 2.75) is 0 Å². The average molecular weight is 246 g/mol. The Morgan fingerprint density at radius 1 is 1.22 bits per heavy atom. The van der Waals surface area contributed by atoms with Gasteiger partial charge in [0.2, 0.25) is 0 Å². The van der Waals surface area contributed by atoms with E-state index in [1.807, 2.05) is 29.2 Å². The van der Waals surface area contributed by atoms with Crippen LogP contribution < -0.4 is 10.1 Å². The number of likely N-dealkylation sites (tertiary alicyclic amines) is 1. The van der Waals surface area contributed by atoms with Gasteiger partial charge in [-0.2, -0.15) is 0 Å². The van der Waals surface area contributed by atoms with E-state index in [9.17, 15) is 4.79 Å². The highest BCUT2D eigenvalue weighted by atomic mass is 16.5. The second-order valence-electron chi connectivity index (χ2n) is 5.12. The minimum absolute atomic E-state index is 0.145. The van der Waals surface area contributed by atoms with Crippen LogP contribution in [0, 0.1) is 11.8 Å². The highest BCUT2D eigenvalue weighted by Gasteiger charge is 2.38. The Labute approximate surface area is 107 Å². The lowest BCUT2D eigenvalue weighted by Crippen LogP contribution is -2.31. The molecule has 0 radical (unpaired) electrons. The first-order chi connectivity index (χ1) is 8.78.